The summed E-state index contributed by atoms with van der Waals surface area (Å²) in [4.78, 5) is 12.3. The van der Waals surface area contributed by atoms with Gasteiger partial charge in [0.2, 0.25) is 0 Å². The third-order valence-electron chi connectivity index (χ3n) is 2.93. The number of rotatable bonds is 4. The quantitative estimate of drug-likeness (QED) is 0.841. The van der Waals surface area contributed by atoms with Gasteiger partial charge in [-0.15, -0.1) is 0 Å². The molecule has 0 bridgehead atoms. The Hall–Kier alpha value is -2.49. The molecule has 4 heteroatoms. The SMILES string of the molecule is Cc1cc(O)ccc1NC(=O)c1cccc(OC(C)C)c1. The van der Waals surface area contributed by atoms with E-state index in [2.05, 4.69) is 5.32 Å². The van der Waals surface area contributed by atoms with Gasteiger partial charge in [-0.1, -0.05) is 6.07 Å². The van der Waals surface area contributed by atoms with Crippen molar-refractivity contribution in [1.82, 2.24) is 0 Å². The van der Waals surface area contributed by atoms with E-state index in [4.69, 9.17) is 4.74 Å². The third-order valence-corrected chi connectivity index (χ3v) is 2.93. The molecule has 110 valence electrons. The van der Waals surface area contributed by atoms with Gasteiger partial charge in [0.25, 0.3) is 5.91 Å². The summed E-state index contributed by atoms with van der Waals surface area (Å²) in [5.74, 6) is 0.635. The lowest BCUT2D eigenvalue weighted by Crippen LogP contribution is -2.13. The average Bonchev–Trinajstić information content (AvgIpc) is 2.41. The number of phenols is 1. The Morgan fingerprint density at radius 2 is 1.95 bits per heavy atom. The van der Waals surface area contributed by atoms with Crippen LogP contribution in [0.1, 0.15) is 29.8 Å². The van der Waals surface area contributed by atoms with E-state index in [0.717, 1.165) is 5.56 Å². The molecule has 0 aliphatic carbocycles. The predicted molar refractivity (Wildman–Crippen MR) is 83.0 cm³/mol. The van der Waals surface area contributed by atoms with Crippen molar-refractivity contribution < 1.29 is 14.6 Å². The lowest BCUT2D eigenvalue weighted by Gasteiger charge is -2.12. The number of carbonyl (C=O) groups excluding carboxylic acids is 1. The highest BCUT2D eigenvalue weighted by Crippen LogP contribution is 2.21. The number of carbonyl (C=O) groups is 1. The Labute approximate surface area is 124 Å². The standard InChI is InChI=1S/C17H19NO3/c1-11(2)21-15-6-4-5-13(10-15)17(20)18-16-8-7-14(19)9-12(16)3/h4-11,19H,1-3H3,(H,18,20). The highest BCUT2D eigenvalue weighted by molar-refractivity contribution is 6.04. The van der Waals surface area contributed by atoms with Crippen LogP contribution in [0.15, 0.2) is 42.5 Å². The number of aryl methyl sites for hydroxylation is 1. The highest BCUT2D eigenvalue weighted by atomic mass is 16.5. The van der Waals surface area contributed by atoms with Crippen molar-refractivity contribution in [2.45, 2.75) is 26.9 Å². The molecule has 0 aromatic heterocycles. The van der Waals surface area contributed by atoms with Gasteiger partial charge >= 0.3 is 0 Å². The smallest absolute Gasteiger partial charge is 0.255 e. The fourth-order valence-corrected chi connectivity index (χ4v) is 1.97. The number of nitrogens with one attached hydrogen (secondary N) is 1. The van der Waals surface area contributed by atoms with Crippen molar-refractivity contribution in [3.8, 4) is 11.5 Å². The minimum Gasteiger partial charge on any atom is -0.508 e. The molecule has 2 aromatic carbocycles. The molecule has 0 saturated heterocycles. The van der Waals surface area contributed by atoms with E-state index in [1.54, 1.807) is 36.4 Å². The van der Waals surface area contributed by atoms with Crippen LogP contribution in [0.3, 0.4) is 0 Å². The van der Waals surface area contributed by atoms with Crippen LogP contribution in [-0.4, -0.2) is 17.1 Å². The molecule has 2 rings (SSSR count). The first-order valence-electron chi connectivity index (χ1n) is 6.83. The molecule has 4 nitrogen and oxygen atoms in total. The molecular weight excluding hydrogens is 266 g/mol. The molecule has 0 atom stereocenters. The molecule has 2 N–H and O–H groups in total. The van der Waals surface area contributed by atoms with Gasteiger partial charge in [-0.25, -0.2) is 0 Å². The summed E-state index contributed by atoms with van der Waals surface area (Å²) in [5, 5.41) is 12.2. The van der Waals surface area contributed by atoms with Crippen LogP contribution >= 0.6 is 0 Å². The second kappa shape index (κ2) is 6.31. The van der Waals surface area contributed by atoms with E-state index < -0.39 is 0 Å². The third kappa shape index (κ3) is 3.99. The van der Waals surface area contributed by atoms with Gasteiger partial charge in [-0.3, -0.25) is 4.79 Å². The molecule has 0 saturated carbocycles. The molecule has 0 spiro atoms. The van der Waals surface area contributed by atoms with Crippen LogP contribution < -0.4 is 10.1 Å². The molecule has 21 heavy (non-hydrogen) atoms. The molecule has 0 radical (unpaired) electrons. The van der Waals surface area contributed by atoms with Crippen LogP contribution in [0.25, 0.3) is 0 Å². The van der Waals surface area contributed by atoms with Crippen molar-refractivity contribution >= 4 is 11.6 Å². The van der Waals surface area contributed by atoms with E-state index in [1.807, 2.05) is 26.8 Å². The van der Waals surface area contributed by atoms with Crippen molar-refractivity contribution in [2.75, 3.05) is 5.32 Å². The Balaban J connectivity index is 2.16. The summed E-state index contributed by atoms with van der Waals surface area (Å²) >= 11 is 0. The van der Waals surface area contributed by atoms with Crippen LogP contribution in [0.5, 0.6) is 11.5 Å². The van der Waals surface area contributed by atoms with E-state index in [-0.39, 0.29) is 17.8 Å². The normalized spacial score (nSPS) is 10.5. The molecule has 0 aliphatic heterocycles. The summed E-state index contributed by atoms with van der Waals surface area (Å²) in [6.45, 7) is 5.70. The summed E-state index contributed by atoms with van der Waals surface area (Å²) in [6, 6.07) is 11.9. The Bertz CT molecular complexity index is 650. The van der Waals surface area contributed by atoms with Gasteiger partial charge in [0, 0.05) is 11.3 Å². The minimum atomic E-state index is -0.210. The molecule has 0 heterocycles. The van der Waals surface area contributed by atoms with Gasteiger partial charge in [-0.05, 0) is 62.7 Å². The summed E-state index contributed by atoms with van der Waals surface area (Å²) in [5.41, 5.74) is 2.01. The van der Waals surface area contributed by atoms with Gasteiger partial charge < -0.3 is 15.2 Å². The van der Waals surface area contributed by atoms with Crippen LogP contribution in [0.4, 0.5) is 5.69 Å². The maximum absolute atomic E-state index is 12.3. The van der Waals surface area contributed by atoms with Crippen molar-refractivity contribution in [3.63, 3.8) is 0 Å². The Morgan fingerprint density at radius 3 is 2.62 bits per heavy atom. The molecule has 0 unspecified atom stereocenters. The second-order valence-electron chi connectivity index (χ2n) is 5.15. The van der Waals surface area contributed by atoms with E-state index in [0.29, 0.717) is 17.0 Å². The van der Waals surface area contributed by atoms with Crippen molar-refractivity contribution in [1.29, 1.82) is 0 Å². The minimum absolute atomic E-state index is 0.0580. The first-order valence-corrected chi connectivity index (χ1v) is 6.83. The van der Waals surface area contributed by atoms with Gasteiger partial charge in [0.15, 0.2) is 0 Å². The van der Waals surface area contributed by atoms with Crippen LogP contribution in [0.2, 0.25) is 0 Å². The van der Waals surface area contributed by atoms with Crippen molar-refractivity contribution in [2.24, 2.45) is 0 Å². The summed E-state index contributed by atoms with van der Waals surface area (Å²) in [6.07, 6.45) is 0.0580. The molecule has 0 aliphatic rings. The van der Waals surface area contributed by atoms with Crippen LogP contribution in [0, 0.1) is 6.92 Å². The monoisotopic (exact) mass is 285 g/mol. The number of aromatic hydroxyl groups is 1. The second-order valence-corrected chi connectivity index (χ2v) is 5.15. The fourth-order valence-electron chi connectivity index (χ4n) is 1.97. The van der Waals surface area contributed by atoms with Gasteiger partial charge in [0.1, 0.15) is 11.5 Å². The number of phenolic OH excluding ortho intramolecular Hbond substituents is 1. The maximum atomic E-state index is 12.3. The average molecular weight is 285 g/mol. The maximum Gasteiger partial charge on any atom is 0.255 e. The zero-order valence-corrected chi connectivity index (χ0v) is 12.4. The number of benzene rings is 2. The van der Waals surface area contributed by atoms with Crippen molar-refractivity contribution in [3.05, 3.63) is 53.6 Å². The Morgan fingerprint density at radius 1 is 1.19 bits per heavy atom. The number of amides is 1. The Kier molecular flexibility index (Phi) is 4.48. The summed E-state index contributed by atoms with van der Waals surface area (Å²) < 4.78 is 5.58. The predicted octanol–water partition coefficient (Wildman–Crippen LogP) is 3.74. The fraction of sp³-hybridized carbons (Fsp3) is 0.235. The first kappa shape index (κ1) is 14.9. The van der Waals surface area contributed by atoms with Crippen LogP contribution in [-0.2, 0) is 0 Å². The van der Waals surface area contributed by atoms with E-state index >= 15 is 0 Å². The topological polar surface area (TPSA) is 58.6 Å². The lowest BCUT2D eigenvalue weighted by atomic mass is 10.1. The largest absolute Gasteiger partial charge is 0.508 e. The first-order chi connectivity index (χ1) is 9.95. The summed E-state index contributed by atoms with van der Waals surface area (Å²) in [7, 11) is 0. The highest BCUT2D eigenvalue weighted by Gasteiger charge is 2.09. The molecular formula is C17H19NO3. The molecule has 2 aromatic rings. The zero-order chi connectivity index (χ0) is 15.4. The van der Waals surface area contributed by atoms with E-state index in [9.17, 15) is 9.90 Å². The number of anilines is 1. The molecule has 0 fully saturated rings. The zero-order valence-electron chi connectivity index (χ0n) is 12.4. The van der Waals surface area contributed by atoms with Gasteiger partial charge in [0.05, 0.1) is 6.10 Å². The number of hydrogen-bond acceptors (Lipinski definition) is 3. The number of hydrogen-bond donors (Lipinski definition) is 2. The van der Waals surface area contributed by atoms with Gasteiger partial charge in [-0.2, -0.15) is 0 Å². The lowest BCUT2D eigenvalue weighted by molar-refractivity contribution is 0.102. The van der Waals surface area contributed by atoms with E-state index in [1.165, 1.54) is 0 Å². The molecule has 1 amide bonds. The number of ether oxygens (including phenoxy) is 1.